The minimum atomic E-state index is -0.136. The summed E-state index contributed by atoms with van der Waals surface area (Å²) in [6.07, 6.45) is 2.35. The number of carbonyl (C=O) groups excluding carboxylic acids is 1. The molecule has 1 amide bonds. The van der Waals surface area contributed by atoms with Gasteiger partial charge in [-0.2, -0.15) is 5.26 Å². The van der Waals surface area contributed by atoms with Gasteiger partial charge in [0.2, 0.25) is 0 Å². The van der Waals surface area contributed by atoms with Gasteiger partial charge in [0.15, 0.2) is 11.5 Å². The summed E-state index contributed by atoms with van der Waals surface area (Å²) in [6, 6.07) is 7.17. The third kappa shape index (κ3) is 4.99. The van der Waals surface area contributed by atoms with Crippen LogP contribution in [0.5, 0.6) is 11.5 Å². The molecule has 1 rings (SSSR count). The second-order valence-corrected chi connectivity index (χ2v) is 4.70. The van der Waals surface area contributed by atoms with Crippen molar-refractivity contribution in [2.24, 2.45) is 0 Å². The van der Waals surface area contributed by atoms with Crippen LogP contribution in [-0.4, -0.2) is 38.1 Å². The zero-order chi connectivity index (χ0) is 15.7. The molecule has 0 aliphatic heterocycles. The zero-order valence-corrected chi connectivity index (χ0v) is 12.9. The molecule has 0 spiro atoms. The molecule has 0 bridgehead atoms. The molecule has 5 heteroatoms. The third-order valence-corrected chi connectivity index (χ3v) is 3.07. The van der Waals surface area contributed by atoms with Gasteiger partial charge >= 0.3 is 0 Å². The molecule has 0 atom stereocenters. The van der Waals surface area contributed by atoms with E-state index in [1.165, 1.54) is 4.90 Å². The number of benzene rings is 1. The molecule has 0 radical (unpaired) electrons. The van der Waals surface area contributed by atoms with Crippen LogP contribution in [0.2, 0.25) is 0 Å². The molecule has 0 fully saturated rings. The van der Waals surface area contributed by atoms with Crippen LogP contribution in [0.1, 0.15) is 36.5 Å². The standard InChI is InChI=1S/C16H22N2O3/c1-4-5-11-21-14-8-7-13(12-15(14)20-3)16(19)18(2)10-6-9-17/h7-8,12H,4-6,10-11H2,1-3H3. The van der Waals surface area contributed by atoms with E-state index in [1.54, 1.807) is 32.4 Å². The summed E-state index contributed by atoms with van der Waals surface area (Å²) in [6.45, 7) is 3.13. The first-order valence-corrected chi connectivity index (χ1v) is 7.07. The van der Waals surface area contributed by atoms with E-state index in [2.05, 4.69) is 6.92 Å². The average Bonchev–Trinajstić information content (AvgIpc) is 2.52. The van der Waals surface area contributed by atoms with Crippen molar-refractivity contribution in [1.29, 1.82) is 5.26 Å². The molecule has 0 N–H and O–H groups in total. The van der Waals surface area contributed by atoms with Crippen molar-refractivity contribution in [3.8, 4) is 17.6 Å². The van der Waals surface area contributed by atoms with Gasteiger partial charge in [-0.25, -0.2) is 0 Å². The van der Waals surface area contributed by atoms with E-state index in [1.807, 2.05) is 6.07 Å². The van der Waals surface area contributed by atoms with Crippen LogP contribution in [0, 0.1) is 11.3 Å². The molecule has 0 saturated carbocycles. The topological polar surface area (TPSA) is 62.6 Å². The van der Waals surface area contributed by atoms with E-state index in [0.717, 1.165) is 12.8 Å². The van der Waals surface area contributed by atoms with E-state index >= 15 is 0 Å². The predicted molar refractivity (Wildman–Crippen MR) is 80.6 cm³/mol. The van der Waals surface area contributed by atoms with Crippen molar-refractivity contribution in [1.82, 2.24) is 4.90 Å². The number of methoxy groups -OCH3 is 1. The smallest absolute Gasteiger partial charge is 0.253 e. The third-order valence-electron chi connectivity index (χ3n) is 3.07. The van der Waals surface area contributed by atoms with Gasteiger partial charge in [0.05, 0.1) is 26.2 Å². The van der Waals surface area contributed by atoms with E-state index in [0.29, 0.717) is 36.6 Å². The lowest BCUT2D eigenvalue weighted by atomic mass is 10.1. The Morgan fingerprint density at radius 2 is 2.14 bits per heavy atom. The second-order valence-electron chi connectivity index (χ2n) is 4.70. The van der Waals surface area contributed by atoms with E-state index in [4.69, 9.17) is 14.7 Å². The Morgan fingerprint density at radius 3 is 2.76 bits per heavy atom. The first kappa shape index (κ1) is 16.8. The van der Waals surface area contributed by atoms with Gasteiger partial charge in [-0.3, -0.25) is 4.79 Å². The molecule has 5 nitrogen and oxygen atoms in total. The fraction of sp³-hybridized carbons (Fsp3) is 0.500. The summed E-state index contributed by atoms with van der Waals surface area (Å²) in [5.74, 6) is 1.05. The number of nitrogens with zero attached hydrogens (tertiary/aromatic N) is 2. The number of amides is 1. The molecule has 0 aliphatic carbocycles. The summed E-state index contributed by atoms with van der Waals surface area (Å²) in [4.78, 5) is 13.7. The van der Waals surface area contributed by atoms with E-state index in [-0.39, 0.29) is 5.91 Å². The van der Waals surface area contributed by atoms with Crippen molar-refractivity contribution in [2.75, 3.05) is 27.3 Å². The first-order valence-electron chi connectivity index (χ1n) is 7.07. The van der Waals surface area contributed by atoms with Gasteiger partial charge in [0, 0.05) is 19.2 Å². The molecule has 0 aliphatic rings. The van der Waals surface area contributed by atoms with Crippen molar-refractivity contribution >= 4 is 5.91 Å². The van der Waals surface area contributed by atoms with Gasteiger partial charge in [0.1, 0.15) is 0 Å². The molecule has 0 unspecified atom stereocenters. The minimum absolute atomic E-state index is 0.136. The predicted octanol–water partition coefficient (Wildman–Crippen LogP) is 2.86. The molecular weight excluding hydrogens is 268 g/mol. The van der Waals surface area contributed by atoms with Gasteiger partial charge in [0.25, 0.3) is 5.91 Å². The Labute approximate surface area is 126 Å². The highest BCUT2D eigenvalue weighted by Crippen LogP contribution is 2.28. The molecule has 0 saturated heterocycles. The number of ether oxygens (including phenoxy) is 2. The Hall–Kier alpha value is -2.22. The van der Waals surface area contributed by atoms with Crippen LogP contribution < -0.4 is 9.47 Å². The van der Waals surface area contributed by atoms with Crippen molar-refractivity contribution in [2.45, 2.75) is 26.2 Å². The maximum atomic E-state index is 12.2. The van der Waals surface area contributed by atoms with Crippen LogP contribution in [0.4, 0.5) is 0 Å². The highest BCUT2D eigenvalue weighted by Gasteiger charge is 2.14. The van der Waals surface area contributed by atoms with Gasteiger partial charge < -0.3 is 14.4 Å². The van der Waals surface area contributed by atoms with Crippen molar-refractivity contribution < 1.29 is 14.3 Å². The fourth-order valence-electron chi connectivity index (χ4n) is 1.79. The number of hydrogen-bond acceptors (Lipinski definition) is 4. The maximum absolute atomic E-state index is 12.2. The van der Waals surface area contributed by atoms with Gasteiger partial charge in [-0.1, -0.05) is 13.3 Å². The number of hydrogen-bond donors (Lipinski definition) is 0. The summed E-state index contributed by atoms with van der Waals surface area (Å²) < 4.78 is 10.9. The number of rotatable bonds is 8. The maximum Gasteiger partial charge on any atom is 0.253 e. The summed E-state index contributed by atoms with van der Waals surface area (Å²) in [7, 11) is 3.23. The highest BCUT2D eigenvalue weighted by atomic mass is 16.5. The normalized spacial score (nSPS) is 9.81. The highest BCUT2D eigenvalue weighted by molar-refractivity contribution is 5.94. The molecule has 1 aromatic rings. The Kier molecular flexibility index (Phi) is 7.10. The van der Waals surface area contributed by atoms with Gasteiger partial charge in [-0.15, -0.1) is 0 Å². The molecule has 0 heterocycles. The fourth-order valence-corrected chi connectivity index (χ4v) is 1.79. The Balaban J connectivity index is 2.81. The largest absolute Gasteiger partial charge is 0.493 e. The molecule has 1 aromatic carbocycles. The zero-order valence-electron chi connectivity index (χ0n) is 12.9. The Morgan fingerprint density at radius 1 is 1.38 bits per heavy atom. The van der Waals surface area contributed by atoms with Gasteiger partial charge in [-0.05, 0) is 24.6 Å². The van der Waals surface area contributed by atoms with Crippen LogP contribution in [-0.2, 0) is 0 Å². The van der Waals surface area contributed by atoms with Crippen LogP contribution in [0.3, 0.4) is 0 Å². The molecule has 21 heavy (non-hydrogen) atoms. The van der Waals surface area contributed by atoms with Crippen LogP contribution in [0.15, 0.2) is 18.2 Å². The lowest BCUT2D eigenvalue weighted by molar-refractivity contribution is 0.0797. The number of unbranched alkanes of at least 4 members (excludes halogenated alkanes) is 1. The summed E-state index contributed by atoms with van der Waals surface area (Å²) in [5.41, 5.74) is 0.523. The summed E-state index contributed by atoms with van der Waals surface area (Å²) >= 11 is 0. The molecule has 0 aromatic heterocycles. The van der Waals surface area contributed by atoms with E-state index in [9.17, 15) is 4.79 Å². The minimum Gasteiger partial charge on any atom is -0.493 e. The number of carbonyl (C=O) groups is 1. The van der Waals surface area contributed by atoms with Crippen molar-refractivity contribution in [3.05, 3.63) is 23.8 Å². The SMILES string of the molecule is CCCCOc1ccc(C(=O)N(C)CCC#N)cc1OC. The van der Waals surface area contributed by atoms with Crippen LogP contribution >= 0.6 is 0 Å². The lowest BCUT2D eigenvalue weighted by Gasteiger charge is -2.17. The monoisotopic (exact) mass is 290 g/mol. The Bertz CT molecular complexity index is 509. The summed E-state index contributed by atoms with van der Waals surface area (Å²) in [5, 5.41) is 8.56. The lowest BCUT2D eigenvalue weighted by Crippen LogP contribution is -2.27. The quantitative estimate of drug-likeness (QED) is 0.691. The van der Waals surface area contributed by atoms with Crippen molar-refractivity contribution in [3.63, 3.8) is 0 Å². The molecule has 114 valence electrons. The molecular formula is C16H22N2O3. The second kappa shape index (κ2) is 8.85. The van der Waals surface area contributed by atoms with E-state index < -0.39 is 0 Å². The average molecular weight is 290 g/mol. The first-order chi connectivity index (χ1) is 10.1. The van der Waals surface area contributed by atoms with Crippen LogP contribution in [0.25, 0.3) is 0 Å². The number of nitriles is 1.